The van der Waals surface area contributed by atoms with Crippen molar-refractivity contribution in [1.29, 1.82) is 0 Å². The number of piperidine rings is 1. The van der Waals surface area contributed by atoms with E-state index in [9.17, 15) is 14.0 Å². The van der Waals surface area contributed by atoms with Crippen LogP contribution in [0.2, 0.25) is 0 Å². The summed E-state index contributed by atoms with van der Waals surface area (Å²) in [5.41, 5.74) is 0.965. The number of fused-ring (bicyclic) bond motifs is 4. The highest BCUT2D eigenvalue weighted by Gasteiger charge is 2.36. The molecule has 0 N–H and O–H groups in total. The molecule has 154 valence electrons. The molecular formula is C21H26FN5O2. The SMILES string of the molecule is Cn1ccnc1CN1C[C@@H]2C[C@H](C1)c1ccc(C(=O)N3CC[C@H](F)C3)c(=O)n1C2. The first-order valence-electron chi connectivity index (χ1n) is 10.3. The van der Waals surface area contributed by atoms with Crippen LogP contribution in [-0.4, -0.2) is 62.2 Å². The summed E-state index contributed by atoms with van der Waals surface area (Å²) in [6.07, 6.45) is 4.22. The number of aromatic nitrogens is 3. The summed E-state index contributed by atoms with van der Waals surface area (Å²) in [7, 11) is 2.01. The Labute approximate surface area is 168 Å². The number of hydrogen-bond acceptors (Lipinski definition) is 4. The van der Waals surface area contributed by atoms with Crippen LogP contribution < -0.4 is 5.56 Å². The second-order valence-electron chi connectivity index (χ2n) is 8.67. The van der Waals surface area contributed by atoms with E-state index in [0.717, 1.165) is 37.6 Å². The summed E-state index contributed by atoms with van der Waals surface area (Å²) in [6.45, 7) is 3.71. The number of halogens is 1. The number of alkyl halides is 1. The van der Waals surface area contributed by atoms with Crippen LogP contribution in [0.15, 0.2) is 29.3 Å². The Morgan fingerprint density at radius 2 is 2.10 bits per heavy atom. The van der Waals surface area contributed by atoms with Crippen LogP contribution in [0.25, 0.3) is 0 Å². The lowest BCUT2D eigenvalue weighted by atomic mass is 9.83. The quantitative estimate of drug-likeness (QED) is 0.783. The minimum absolute atomic E-state index is 0.0907. The molecule has 3 aliphatic rings. The Kier molecular flexibility index (Phi) is 4.53. The van der Waals surface area contributed by atoms with E-state index in [0.29, 0.717) is 25.4 Å². The number of pyridine rings is 1. The molecule has 3 atom stereocenters. The molecule has 0 aliphatic carbocycles. The summed E-state index contributed by atoms with van der Waals surface area (Å²) >= 11 is 0. The average molecular weight is 399 g/mol. The van der Waals surface area contributed by atoms with Gasteiger partial charge < -0.3 is 14.0 Å². The van der Waals surface area contributed by atoms with Gasteiger partial charge in [-0.05, 0) is 30.9 Å². The molecule has 2 aromatic rings. The molecule has 5 rings (SSSR count). The summed E-state index contributed by atoms with van der Waals surface area (Å²) in [5.74, 6) is 1.37. The third-order valence-corrected chi connectivity index (χ3v) is 6.61. The number of hydrogen-bond donors (Lipinski definition) is 0. The molecule has 5 heterocycles. The van der Waals surface area contributed by atoms with Crippen molar-refractivity contribution < 1.29 is 9.18 Å². The van der Waals surface area contributed by atoms with Crippen LogP contribution >= 0.6 is 0 Å². The molecule has 0 unspecified atom stereocenters. The van der Waals surface area contributed by atoms with Gasteiger partial charge in [-0.25, -0.2) is 9.37 Å². The highest BCUT2D eigenvalue weighted by Crippen LogP contribution is 2.35. The number of carbonyl (C=O) groups excluding carboxylic acids is 1. The van der Waals surface area contributed by atoms with Crippen molar-refractivity contribution in [2.75, 3.05) is 26.2 Å². The van der Waals surface area contributed by atoms with Gasteiger partial charge in [0.2, 0.25) is 0 Å². The van der Waals surface area contributed by atoms with Gasteiger partial charge in [0, 0.05) is 57.2 Å². The van der Waals surface area contributed by atoms with E-state index in [1.807, 2.05) is 30.1 Å². The topological polar surface area (TPSA) is 63.4 Å². The minimum Gasteiger partial charge on any atom is -0.337 e. The maximum absolute atomic E-state index is 13.5. The van der Waals surface area contributed by atoms with Gasteiger partial charge >= 0.3 is 0 Å². The van der Waals surface area contributed by atoms with Gasteiger partial charge in [0.25, 0.3) is 11.5 Å². The van der Waals surface area contributed by atoms with Gasteiger partial charge in [-0.1, -0.05) is 0 Å². The highest BCUT2D eigenvalue weighted by molar-refractivity contribution is 5.94. The van der Waals surface area contributed by atoms with E-state index in [-0.39, 0.29) is 29.5 Å². The number of likely N-dealkylation sites (tertiary alicyclic amines) is 2. The molecule has 0 radical (unpaired) electrons. The zero-order chi connectivity index (χ0) is 20.1. The standard InChI is InChI=1S/C21H26FN5O2/c1-24-7-5-23-19(24)13-25-9-14-8-15(11-25)18-3-2-17(21(29)27(18)10-14)20(28)26-6-4-16(22)12-26/h2-3,5,7,14-16H,4,6,8-13H2,1H3/t14-,15+,16-/m0/s1. The van der Waals surface area contributed by atoms with Crippen molar-refractivity contribution in [2.45, 2.75) is 38.0 Å². The zero-order valence-corrected chi connectivity index (χ0v) is 16.6. The number of rotatable bonds is 3. The van der Waals surface area contributed by atoms with Crippen molar-refractivity contribution in [2.24, 2.45) is 13.0 Å². The molecule has 8 heteroatoms. The van der Waals surface area contributed by atoms with Gasteiger partial charge in [0.15, 0.2) is 0 Å². The molecule has 7 nitrogen and oxygen atoms in total. The third-order valence-electron chi connectivity index (χ3n) is 6.61. The largest absolute Gasteiger partial charge is 0.337 e. The van der Waals surface area contributed by atoms with Gasteiger partial charge in [-0.2, -0.15) is 0 Å². The molecule has 1 amide bonds. The van der Waals surface area contributed by atoms with Crippen molar-refractivity contribution in [3.63, 3.8) is 0 Å². The number of amides is 1. The fraction of sp³-hybridized carbons (Fsp3) is 0.571. The van der Waals surface area contributed by atoms with Gasteiger partial charge in [0.1, 0.15) is 17.6 Å². The van der Waals surface area contributed by atoms with Crippen LogP contribution in [0.5, 0.6) is 0 Å². The molecule has 29 heavy (non-hydrogen) atoms. The van der Waals surface area contributed by atoms with Crippen LogP contribution in [0, 0.1) is 5.92 Å². The Morgan fingerprint density at radius 1 is 1.24 bits per heavy atom. The number of imidazole rings is 1. The van der Waals surface area contributed by atoms with Gasteiger partial charge in [-0.15, -0.1) is 0 Å². The second-order valence-corrected chi connectivity index (χ2v) is 8.67. The lowest BCUT2D eigenvalue weighted by molar-refractivity contribution is 0.0777. The van der Waals surface area contributed by atoms with Crippen molar-refractivity contribution >= 4 is 5.91 Å². The van der Waals surface area contributed by atoms with Crippen LogP contribution in [0.1, 0.15) is 40.6 Å². The van der Waals surface area contributed by atoms with Crippen LogP contribution in [-0.2, 0) is 20.1 Å². The van der Waals surface area contributed by atoms with E-state index in [4.69, 9.17) is 0 Å². The fourth-order valence-corrected chi connectivity index (χ4v) is 5.16. The summed E-state index contributed by atoms with van der Waals surface area (Å²) in [6, 6.07) is 3.59. The first-order chi connectivity index (χ1) is 14.0. The number of aryl methyl sites for hydroxylation is 1. The molecule has 2 aromatic heterocycles. The van der Waals surface area contributed by atoms with Gasteiger partial charge in [-0.3, -0.25) is 14.5 Å². The Hall–Kier alpha value is -2.48. The third kappa shape index (κ3) is 3.29. The maximum Gasteiger partial charge on any atom is 0.263 e. The predicted molar refractivity (Wildman–Crippen MR) is 105 cm³/mol. The average Bonchev–Trinajstić information content (AvgIpc) is 3.30. The smallest absolute Gasteiger partial charge is 0.263 e. The van der Waals surface area contributed by atoms with Crippen LogP contribution in [0.4, 0.5) is 4.39 Å². The molecule has 2 fully saturated rings. The van der Waals surface area contributed by atoms with Crippen molar-refractivity contribution in [3.05, 3.63) is 52.0 Å². The molecule has 0 aromatic carbocycles. The summed E-state index contributed by atoms with van der Waals surface area (Å²) in [4.78, 5) is 34.2. The van der Waals surface area contributed by atoms with Crippen LogP contribution in [0.3, 0.4) is 0 Å². The van der Waals surface area contributed by atoms with E-state index in [1.165, 1.54) is 4.90 Å². The van der Waals surface area contributed by atoms with E-state index in [1.54, 1.807) is 10.6 Å². The summed E-state index contributed by atoms with van der Waals surface area (Å²) in [5, 5.41) is 0. The van der Waals surface area contributed by atoms with E-state index >= 15 is 0 Å². The minimum atomic E-state index is -0.983. The monoisotopic (exact) mass is 399 g/mol. The number of carbonyl (C=O) groups is 1. The molecule has 2 bridgehead atoms. The van der Waals surface area contributed by atoms with Crippen molar-refractivity contribution in [1.82, 2.24) is 23.9 Å². The molecule has 0 spiro atoms. The fourth-order valence-electron chi connectivity index (χ4n) is 5.16. The molecule has 3 aliphatic heterocycles. The normalized spacial score (nSPS) is 26.6. The number of nitrogens with zero attached hydrogens (tertiary/aromatic N) is 5. The zero-order valence-electron chi connectivity index (χ0n) is 16.6. The Balaban J connectivity index is 1.39. The lowest BCUT2D eigenvalue weighted by Crippen LogP contribution is -2.48. The van der Waals surface area contributed by atoms with E-state index < -0.39 is 6.17 Å². The van der Waals surface area contributed by atoms with Gasteiger partial charge in [0.05, 0.1) is 13.1 Å². The second kappa shape index (κ2) is 7.09. The molecular weight excluding hydrogens is 373 g/mol. The lowest BCUT2D eigenvalue weighted by Gasteiger charge is -2.42. The molecule has 2 saturated heterocycles. The predicted octanol–water partition coefficient (Wildman–Crippen LogP) is 1.39. The van der Waals surface area contributed by atoms with E-state index in [2.05, 4.69) is 9.88 Å². The Bertz CT molecular complexity index is 999. The first-order valence-corrected chi connectivity index (χ1v) is 10.3. The highest BCUT2D eigenvalue weighted by atomic mass is 19.1. The Morgan fingerprint density at radius 3 is 2.83 bits per heavy atom. The van der Waals surface area contributed by atoms with Crippen molar-refractivity contribution in [3.8, 4) is 0 Å². The summed E-state index contributed by atoms with van der Waals surface area (Å²) < 4.78 is 17.3. The first kappa shape index (κ1) is 18.5. The molecule has 0 saturated carbocycles. The maximum atomic E-state index is 13.5.